The molecule has 2 heterocycles. The third-order valence-electron chi connectivity index (χ3n) is 6.18. The Morgan fingerprint density at radius 3 is 2.47 bits per heavy atom. The zero-order valence-electron chi connectivity index (χ0n) is 21.4. The lowest BCUT2D eigenvalue weighted by Gasteiger charge is -2.36. The molecule has 204 valence electrons. The van der Waals surface area contributed by atoms with Crippen LogP contribution in [0.4, 0.5) is 18.9 Å². The fourth-order valence-electron chi connectivity index (χ4n) is 4.57. The van der Waals surface area contributed by atoms with Gasteiger partial charge in [-0.2, -0.15) is 0 Å². The molecule has 3 aromatic rings. The fraction of sp³-hybridized carbons (Fsp3) is 0.407. The third-order valence-corrected chi connectivity index (χ3v) is 9.79. The van der Waals surface area contributed by atoms with E-state index in [0.717, 1.165) is 37.5 Å². The quantitative estimate of drug-likeness (QED) is 0.259. The molecule has 0 spiro atoms. The minimum Gasteiger partial charge on any atom is -0.406 e. The van der Waals surface area contributed by atoms with Gasteiger partial charge in [0.1, 0.15) is 11.4 Å². The van der Waals surface area contributed by atoms with Crippen LogP contribution < -0.4 is 10.1 Å². The monoisotopic (exact) mass is 581 g/mol. The van der Waals surface area contributed by atoms with Gasteiger partial charge >= 0.3 is 6.36 Å². The molecule has 0 bridgehead atoms. The van der Waals surface area contributed by atoms with Crippen molar-refractivity contribution in [1.82, 2.24) is 9.88 Å². The van der Waals surface area contributed by atoms with Crippen molar-refractivity contribution in [3.8, 4) is 16.9 Å². The second kappa shape index (κ2) is 12.3. The highest BCUT2D eigenvalue weighted by molar-refractivity contribution is 8.76. The van der Waals surface area contributed by atoms with E-state index in [-0.39, 0.29) is 16.4 Å². The lowest BCUT2D eigenvalue weighted by molar-refractivity contribution is -0.274. The number of benzene rings is 2. The molecule has 0 saturated carbocycles. The van der Waals surface area contributed by atoms with Gasteiger partial charge in [-0.3, -0.25) is 4.79 Å². The number of ether oxygens (including phenoxy) is 1. The number of rotatable bonds is 9. The van der Waals surface area contributed by atoms with Gasteiger partial charge in [0, 0.05) is 33.8 Å². The molecule has 1 saturated heterocycles. The first-order chi connectivity index (χ1) is 18.0. The molecule has 2 aromatic carbocycles. The molecule has 11 heteroatoms. The average Bonchev–Trinajstić information content (AvgIpc) is 3.35. The van der Waals surface area contributed by atoms with Crippen LogP contribution in [-0.4, -0.2) is 52.8 Å². The van der Waals surface area contributed by atoms with Gasteiger partial charge in [-0.25, -0.2) is 4.98 Å². The SMILES string of the molecule is CSSC(C)(C)CN1CCC(c2nc(C(=O)Nc3ccccc3-c3ccc(OC(F)(F)F)cc3)cs2)CC1. The number of nitrogens with zero attached hydrogens (tertiary/aromatic N) is 2. The Hall–Kier alpha value is -2.21. The number of halogens is 3. The van der Waals surface area contributed by atoms with Crippen molar-refractivity contribution in [3.63, 3.8) is 0 Å². The number of para-hydroxylation sites is 1. The maximum atomic E-state index is 13.1. The van der Waals surface area contributed by atoms with Crippen molar-refractivity contribution in [2.45, 2.75) is 43.7 Å². The molecule has 1 aliphatic heterocycles. The largest absolute Gasteiger partial charge is 0.573 e. The van der Waals surface area contributed by atoms with Gasteiger partial charge < -0.3 is 15.0 Å². The smallest absolute Gasteiger partial charge is 0.406 e. The summed E-state index contributed by atoms with van der Waals surface area (Å²) in [4.78, 5) is 20.2. The molecule has 38 heavy (non-hydrogen) atoms. The van der Waals surface area contributed by atoms with Gasteiger partial charge in [0.05, 0.1) is 5.01 Å². The van der Waals surface area contributed by atoms with E-state index in [1.807, 2.05) is 10.8 Å². The number of hydrogen-bond donors (Lipinski definition) is 1. The summed E-state index contributed by atoms with van der Waals surface area (Å²) < 4.78 is 41.6. The number of thiazole rings is 1. The topological polar surface area (TPSA) is 54.5 Å². The standard InChI is InChI=1S/C27H30F3N3O2S3/c1-26(2,38-36-3)17-33-14-12-19(13-15-33)25-32-23(16-37-25)24(34)31-22-7-5-4-6-21(22)18-8-10-20(11-9-18)35-27(28,29)30/h4-11,16,19H,12-15,17H2,1-3H3,(H,31,34). The summed E-state index contributed by atoms with van der Waals surface area (Å²) in [5.74, 6) is -0.268. The Morgan fingerprint density at radius 2 is 1.82 bits per heavy atom. The normalized spacial score (nSPS) is 15.4. The predicted octanol–water partition coefficient (Wildman–Crippen LogP) is 7.93. The number of carbonyl (C=O) groups excluding carboxylic acids is 1. The third kappa shape index (κ3) is 7.91. The number of alkyl halides is 3. The fourth-order valence-corrected chi connectivity index (χ4v) is 7.74. The van der Waals surface area contributed by atoms with E-state index in [2.05, 4.69) is 40.0 Å². The van der Waals surface area contributed by atoms with E-state index in [1.54, 1.807) is 40.4 Å². The van der Waals surface area contributed by atoms with Crippen LogP contribution in [0.2, 0.25) is 0 Å². The van der Waals surface area contributed by atoms with Crippen LogP contribution in [0.25, 0.3) is 11.1 Å². The maximum absolute atomic E-state index is 13.1. The molecule has 4 rings (SSSR count). The van der Waals surface area contributed by atoms with Gasteiger partial charge in [0.15, 0.2) is 0 Å². The van der Waals surface area contributed by atoms with Crippen molar-refractivity contribution in [2.24, 2.45) is 0 Å². The molecule has 1 N–H and O–H groups in total. The molecule has 0 atom stereocenters. The molecule has 5 nitrogen and oxygen atoms in total. The van der Waals surface area contributed by atoms with Gasteiger partial charge in [0.2, 0.25) is 0 Å². The predicted molar refractivity (Wildman–Crippen MR) is 152 cm³/mol. The minimum atomic E-state index is -4.75. The number of likely N-dealkylation sites (tertiary alicyclic amines) is 1. The second-order valence-corrected chi connectivity index (χ2v) is 13.7. The second-order valence-electron chi connectivity index (χ2n) is 9.70. The van der Waals surface area contributed by atoms with Crippen LogP contribution in [0.1, 0.15) is 48.1 Å². The molecular formula is C27H30F3N3O2S3. The van der Waals surface area contributed by atoms with Crippen molar-refractivity contribution in [1.29, 1.82) is 0 Å². The summed E-state index contributed by atoms with van der Waals surface area (Å²) >= 11 is 1.52. The molecule has 0 radical (unpaired) electrons. The van der Waals surface area contributed by atoms with Crippen molar-refractivity contribution in [3.05, 3.63) is 64.6 Å². The zero-order valence-corrected chi connectivity index (χ0v) is 23.8. The first-order valence-corrected chi connectivity index (χ1v) is 15.6. The minimum absolute atomic E-state index is 0.202. The van der Waals surface area contributed by atoms with Gasteiger partial charge in [-0.15, -0.1) is 24.5 Å². The van der Waals surface area contributed by atoms with Gasteiger partial charge in [-0.05, 0) is 69.8 Å². The summed E-state index contributed by atoms with van der Waals surface area (Å²) in [6.45, 7) is 7.64. The maximum Gasteiger partial charge on any atom is 0.573 e. The first-order valence-electron chi connectivity index (χ1n) is 12.2. The molecule has 1 amide bonds. The van der Waals surface area contributed by atoms with E-state index < -0.39 is 6.36 Å². The van der Waals surface area contributed by atoms with Crippen LogP contribution in [0.3, 0.4) is 0 Å². The molecule has 0 aliphatic carbocycles. The Kier molecular flexibility index (Phi) is 9.33. The highest BCUT2D eigenvalue weighted by Gasteiger charge is 2.31. The summed E-state index contributed by atoms with van der Waals surface area (Å²) in [6.07, 6.45) is -0.598. The number of amides is 1. The Bertz CT molecular complexity index is 1220. The van der Waals surface area contributed by atoms with Crippen LogP contribution in [-0.2, 0) is 0 Å². The average molecular weight is 582 g/mol. The highest BCUT2D eigenvalue weighted by atomic mass is 33.1. The number of hydrogen-bond acceptors (Lipinski definition) is 7. The summed E-state index contributed by atoms with van der Waals surface area (Å²) in [5, 5.41) is 5.70. The van der Waals surface area contributed by atoms with E-state index in [1.165, 1.54) is 35.6 Å². The Labute approximate surface area is 233 Å². The molecule has 1 fully saturated rings. The van der Waals surface area contributed by atoms with Crippen molar-refractivity contribution in [2.75, 3.05) is 31.2 Å². The van der Waals surface area contributed by atoms with E-state index in [0.29, 0.717) is 28.4 Å². The van der Waals surface area contributed by atoms with Crippen molar-refractivity contribution < 1.29 is 22.7 Å². The number of aromatic nitrogens is 1. The number of nitrogens with one attached hydrogen (secondary N) is 1. The van der Waals surface area contributed by atoms with Crippen LogP contribution in [0.5, 0.6) is 5.75 Å². The molecular weight excluding hydrogens is 552 g/mol. The number of carbonyl (C=O) groups is 1. The molecule has 0 unspecified atom stereocenters. The van der Waals surface area contributed by atoms with Gasteiger partial charge in [-0.1, -0.05) is 51.9 Å². The number of piperidine rings is 1. The van der Waals surface area contributed by atoms with Crippen molar-refractivity contribution >= 4 is 44.5 Å². The Balaban J connectivity index is 1.38. The van der Waals surface area contributed by atoms with E-state index >= 15 is 0 Å². The molecule has 1 aromatic heterocycles. The lowest BCUT2D eigenvalue weighted by Crippen LogP contribution is -2.40. The lowest BCUT2D eigenvalue weighted by atomic mass is 9.97. The zero-order chi connectivity index (χ0) is 27.3. The van der Waals surface area contributed by atoms with Gasteiger partial charge in [0.25, 0.3) is 5.91 Å². The number of anilines is 1. The first kappa shape index (κ1) is 28.8. The summed E-state index contributed by atoms with van der Waals surface area (Å²) in [7, 11) is 3.71. The highest BCUT2D eigenvalue weighted by Crippen LogP contribution is 2.37. The summed E-state index contributed by atoms with van der Waals surface area (Å²) in [5.41, 5.74) is 2.26. The summed E-state index contributed by atoms with van der Waals surface area (Å²) in [6, 6.07) is 12.7. The van der Waals surface area contributed by atoms with E-state index in [4.69, 9.17) is 0 Å². The van der Waals surface area contributed by atoms with Crippen LogP contribution in [0.15, 0.2) is 53.9 Å². The van der Waals surface area contributed by atoms with Crippen LogP contribution in [0, 0.1) is 0 Å². The van der Waals surface area contributed by atoms with E-state index in [9.17, 15) is 18.0 Å². The van der Waals surface area contributed by atoms with Crippen LogP contribution >= 0.6 is 32.9 Å². The Morgan fingerprint density at radius 1 is 1.13 bits per heavy atom. The molecule has 1 aliphatic rings.